The van der Waals surface area contributed by atoms with Crippen LogP contribution in [-0.4, -0.2) is 30.1 Å². The van der Waals surface area contributed by atoms with Crippen molar-refractivity contribution < 1.29 is 72.3 Å². The van der Waals surface area contributed by atoms with Crippen molar-refractivity contribution in [1.82, 2.24) is 4.98 Å². The molecule has 0 aromatic carbocycles. The monoisotopic (exact) mass is 544 g/mol. The quantitative estimate of drug-likeness (QED) is 0.584. The third kappa shape index (κ3) is 3.92. The zero-order valence-corrected chi connectivity index (χ0v) is 19.0. The van der Waals surface area contributed by atoms with Crippen molar-refractivity contribution in [2.45, 2.75) is 39.0 Å². The largest absolute Gasteiger partial charge is 0.461 e. The molecule has 2 rings (SSSR count). The number of ether oxygens (including phenoxy) is 2. The maximum atomic E-state index is 12.3. The zero-order chi connectivity index (χ0) is 15.8. The molecule has 0 saturated carbocycles. The summed E-state index contributed by atoms with van der Waals surface area (Å²) in [7, 11) is -1.24. The molecule has 0 aliphatic carbocycles. The van der Waals surface area contributed by atoms with E-state index in [1.54, 1.807) is 20.8 Å². The van der Waals surface area contributed by atoms with Crippen LogP contribution in [0.2, 0.25) is 0 Å². The first-order valence-corrected chi connectivity index (χ1v) is 8.06. The van der Waals surface area contributed by atoms with Gasteiger partial charge in [0.05, 0.1) is 12.3 Å². The molecule has 2 heterocycles. The number of aromatic nitrogens is 1. The van der Waals surface area contributed by atoms with Crippen LogP contribution in [0, 0.1) is 51.0 Å². The van der Waals surface area contributed by atoms with E-state index in [-0.39, 0.29) is 50.7 Å². The fourth-order valence-corrected chi connectivity index (χ4v) is 3.24. The van der Waals surface area contributed by atoms with E-state index < -0.39 is 19.2 Å². The first-order valence-electron chi connectivity index (χ1n) is 6.44. The Kier molecular flexibility index (Phi) is 7.05. The molecule has 1 aliphatic heterocycles. The summed E-state index contributed by atoms with van der Waals surface area (Å²) in [5, 5.41) is 10.4. The summed E-state index contributed by atoms with van der Waals surface area (Å²) in [6.07, 6.45) is 1.44. The fourth-order valence-electron chi connectivity index (χ4n) is 2.13. The minimum absolute atomic E-state index is 0. The molecule has 9 heteroatoms. The third-order valence-electron chi connectivity index (χ3n) is 3.35. The molecule has 0 bridgehead atoms. The van der Waals surface area contributed by atoms with Gasteiger partial charge >= 0.3 is 7.60 Å². The Morgan fingerprint density at radius 1 is 1.41 bits per heavy atom. The predicted molar refractivity (Wildman–Crippen MR) is 75.1 cm³/mol. The minimum Gasteiger partial charge on any atom is -0.461 e. The number of pyridine rings is 1. The van der Waals surface area contributed by atoms with Crippen molar-refractivity contribution in [1.29, 1.82) is 0 Å². The van der Waals surface area contributed by atoms with Gasteiger partial charge < -0.3 is 23.6 Å². The second-order valence-corrected chi connectivity index (χ2v) is 7.47. The molecule has 22 heavy (non-hydrogen) atoms. The molecule has 121 valence electrons. The Hall–Kier alpha value is 0.462. The zero-order valence-electron chi connectivity index (χ0n) is 13.3. The molecule has 0 amide bonds. The van der Waals surface area contributed by atoms with E-state index in [1.807, 2.05) is 0 Å². The summed E-state index contributed by atoms with van der Waals surface area (Å²) in [5.41, 5.74) is 1.59. The summed E-state index contributed by atoms with van der Waals surface area (Å²) in [6, 6.07) is 0. The van der Waals surface area contributed by atoms with Gasteiger partial charge in [0.25, 0.3) is 0 Å². The Balaban J connectivity index is 0.00000242. The SMILES string of the molecule is COP(=O)(OC)C(O)c1cnc(C)c2c1COC(C)(C)O2.[Ac]. The van der Waals surface area contributed by atoms with Gasteiger partial charge in [0.15, 0.2) is 5.85 Å². The van der Waals surface area contributed by atoms with Crippen LogP contribution in [0.25, 0.3) is 0 Å². The molecule has 0 fully saturated rings. The van der Waals surface area contributed by atoms with E-state index >= 15 is 0 Å². The molecule has 1 N–H and O–H groups in total. The van der Waals surface area contributed by atoms with Crippen LogP contribution >= 0.6 is 7.60 Å². The Labute approximate surface area is 165 Å². The van der Waals surface area contributed by atoms with Gasteiger partial charge in [0, 0.05) is 89.5 Å². The molecule has 7 nitrogen and oxygen atoms in total. The first kappa shape index (κ1) is 20.5. The van der Waals surface area contributed by atoms with Gasteiger partial charge in [-0.15, -0.1) is 0 Å². The van der Waals surface area contributed by atoms with Gasteiger partial charge in [0.2, 0.25) is 5.79 Å². The molecule has 1 unspecified atom stereocenters. The first-order chi connectivity index (χ1) is 9.74. The van der Waals surface area contributed by atoms with Crippen LogP contribution in [0.15, 0.2) is 6.20 Å². The second-order valence-electron chi connectivity index (χ2n) is 5.18. The predicted octanol–water partition coefficient (Wildman–Crippen LogP) is 2.51. The molecule has 1 atom stereocenters. The molecular formula is C13H20AcNO6P. The average molecular weight is 544 g/mol. The number of aliphatic hydroxyl groups is 1. The second kappa shape index (κ2) is 7.57. The molecule has 1 aliphatic rings. The Morgan fingerprint density at radius 2 is 2.00 bits per heavy atom. The van der Waals surface area contributed by atoms with Crippen molar-refractivity contribution in [2.24, 2.45) is 0 Å². The van der Waals surface area contributed by atoms with Crippen LogP contribution in [0.5, 0.6) is 5.75 Å². The van der Waals surface area contributed by atoms with E-state index in [0.717, 1.165) is 0 Å². The molecule has 0 spiro atoms. The maximum Gasteiger partial charge on any atom is 0.362 e. The van der Waals surface area contributed by atoms with E-state index in [0.29, 0.717) is 22.6 Å². The Bertz CT molecular complexity index is 586. The summed E-state index contributed by atoms with van der Waals surface area (Å²) in [4.78, 5) is 4.19. The number of rotatable bonds is 4. The minimum atomic E-state index is -3.68. The van der Waals surface area contributed by atoms with Crippen LogP contribution in [0.3, 0.4) is 0 Å². The molecule has 0 saturated heterocycles. The molecule has 1 radical (unpaired) electrons. The molecular weight excluding hydrogens is 524 g/mol. The summed E-state index contributed by atoms with van der Waals surface area (Å²) in [6.45, 7) is 5.58. The van der Waals surface area contributed by atoms with Crippen LogP contribution in [0.4, 0.5) is 0 Å². The van der Waals surface area contributed by atoms with Crippen LogP contribution < -0.4 is 4.74 Å². The summed E-state index contributed by atoms with van der Waals surface area (Å²) in [5.74, 6) is -1.71. The smallest absolute Gasteiger partial charge is 0.362 e. The van der Waals surface area contributed by atoms with Crippen molar-refractivity contribution in [3.05, 3.63) is 23.0 Å². The molecule has 1 aromatic heterocycles. The average Bonchev–Trinajstić information content (AvgIpc) is 2.46. The topological polar surface area (TPSA) is 87.1 Å². The number of aryl methyl sites for hydroxylation is 1. The normalized spacial score (nSPS) is 17.9. The third-order valence-corrected chi connectivity index (χ3v) is 5.24. The van der Waals surface area contributed by atoms with Gasteiger partial charge in [-0.1, -0.05) is 0 Å². The van der Waals surface area contributed by atoms with E-state index in [4.69, 9.17) is 18.5 Å². The summed E-state index contributed by atoms with van der Waals surface area (Å²) >= 11 is 0. The summed E-state index contributed by atoms with van der Waals surface area (Å²) < 4.78 is 33.4. The van der Waals surface area contributed by atoms with Gasteiger partial charge in [-0.05, 0) is 6.92 Å². The number of hydrogen-bond donors (Lipinski definition) is 1. The van der Waals surface area contributed by atoms with E-state index in [2.05, 4.69) is 4.98 Å². The van der Waals surface area contributed by atoms with Crippen LogP contribution in [0.1, 0.15) is 36.5 Å². The standard InChI is InChI=1S/C13H20NO6P.Ac/c1-8-11-10(7-19-13(2,3)20-11)9(6-14-8)12(15)21(16,17-4)18-5;/h6,12,15H,7H2,1-5H3;. The number of nitrogens with zero attached hydrogens (tertiary/aromatic N) is 1. The Morgan fingerprint density at radius 3 is 2.55 bits per heavy atom. The van der Waals surface area contributed by atoms with Crippen LogP contribution in [-0.2, 0) is 25.0 Å². The number of aliphatic hydroxyl groups excluding tert-OH is 1. The van der Waals surface area contributed by atoms with Gasteiger partial charge in [0.1, 0.15) is 5.75 Å². The maximum absolute atomic E-state index is 12.3. The van der Waals surface area contributed by atoms with Crippen molar-refractivity contribution in [3.63, 3.8) is 0 Å². The van der Waals surface area contributed by atoms with E-state index in [1.165, 1.54) is 20.4 Å². The van der Waals surface area contributed by atoms with Crippen molar-refractivity contribution in [2.75, 3.05) is 14.2 Å². The van der Waals surface area contributed by atoms with Crippen molar-refractivity contribution >= 4 is 7.60 Å². The van der Waals surface area contributed by atoms with E-state index in [9.17, 15) is 9.67 Å². The number of fused-ring (bicyclic) bond motifs is 1. The number of hydrogen-bond acceptors (Lipinski definition) is 7. The fraction of sp³-hybridized carbons (Fsp3) is 0.615. The molecule has 1 aromatic rings. The van der Waals surface area contributed by atoms with Crippen molar-refractivity contribution in [3.8, 4) is 5.75 Å². The van der Waals surface area contributed by atoms with Gasteiger partial charge in [-0.25, -0.2) is 0 Å². The van der Waals surface area contributed by atoms with Gasteiger partial charge in [-0.3, -0.25) is 9.55 Å². The van der Waals surface area contributed by atoms with Gasteiger partial charge in [-0.2, -0.15) is 0 Å².